The number of nitrogens with two attached hydrogens (primary N) is 1. The summed E-state index contributed by atoms with van der Waals surface area (Å²) in [7, 11) is 2.08. The van der Waals surface area contributed by atoms with Crippen molar-refractivity contribution in [2.24, 2.45) is 10.7 Å². The first-order valence-corrected chi connectivity index (χ1v) is 5.67. The van der Waals surface area contributed by atoms with Gasteiger partial charge in [0.15, 0.2) is 11.6 Å². The van der Waals surface area contributed by atoms with Crippen LogP contribution in [0, 0.1) is 0 Å². The van der Waals surface area contributed by atoms with Gasteiger partial charge in [0.25, 0.3) is 0 Å². The Labute approximate surface area is 95.0 Å². The maximum absolute atomic E-state index is 13.4. The highest BCUT2D eigenvalue weighted by Crippen LogP contribution is 2.21. The standard InChI is InChI=1S/C11H18FN3O/c1-15-4-2-8(3-5-15)16-11-9(12)6-14-7-10(11)13/h6,8,10H,2-5,7,13H2,1H3. The number of halogens is 1. The van der Waals surface area contributed by atoms with E-state index in [2.05, 4.69) is 16.9 Å². The summed E-state index contributed by atoms with van der Waals surface area (Å²) < 4.78 is 19.1. The Morgan fingerprint density at radius 3 is 2.81 bits per heavy atom. The molecular weight excluding hydrogens is 209 g/mol. The molecule has 4 nitrogen and oxygen atoms in total. The molecule has 0 amide bonds. The predicted octanol–water partition coefficient (Wildman–Crippen LogP) is 0.690. The van der Waals surface area contributed by atoms with Crippen LogP contribution in [0.4, 0.5) is 4.39 Å². The van der Waals surface area contributed by atoms with Crippen LogP contribution in [0.3, 0.4) is 0 Å². The average molecular weight is 227 g/mol. The van der Waals surface area contributed by atoms with E-state index in [1.807, 2.05) is 0 Å². The number of rotatable bonds is 2. The molecule has 1 atom stereocenters. The first-order valence-electron chi connectivity index (χ1n) is 5.67. The van der Waals surface area contributed by atoms with Crippen molar-refractivity contribution in [3.8, 4) is 0 Å². The van der Waals surface area contributed by atoms with Crippen LogP contribution >= 0.6 is 0 Å². The predicted molar refractivity (Wildman–Crippen MR) is 61.1 cm³/mol. The van der Waals surface area contributed by atoms with Crippen molar-refractivity contribution < 1.29 is 9.13 Å². The van der Waals surface area contributed by atoms with Crippen molar-refractivity contribution >= 4 is 6.21 Å². The summed E-state index contributed by atoms with van der Waals surface area (Å²) in [6.07, 6.45) is 3.15. The van der Waals surface area contributed by atoms with Gasteiger partial charge < -0.3 is 15.4 Å². The first-order chi connectivity index (χ1) is 7.66. The van der Waals surface area contributed by atoms with Crippen molar-refractivity contribution in [1.29, 1.82) is 0 Å². The number of hydrogen-bond acceptors (Lipinski definition) is 4. The zero-order chi connectivity index (χ0) is 11.5. The van der Waals surface area contributed by atoms with E-state index in [9.17, 15) is 4.39 Å². The SMILES string of the molecule is CN1CCC(OC2=C(F)C=NCC2N)CC1. The van der Waals surface area contributed by atoms with Gasteiger partial charge in [-0.25, -0.2) is 4.39 Å². The molecule has 90 valence electrons. The summed E-state index contributed by atoms with van der Waals surface area (Å²) >= 11 is 0. The highest BCUT2D eigenvalue weighted by molar-refractivity contribution is 5.77. The Kier molecular flexibility index (Phi) is 3.56. The van der Waals surface area contributed by atoms with E-state index in [0.29, 0.717) is 6.54 Å². The zero-order valence-electron chi connectivity index (χ0n) is 9.53. The van der Waals surface area contributed by atoms with Gasteiger partial charge in [0.05, 0.1) is 18.8 Å². The van der Waals surface area contributed by atoms with Gasteiger partial charge in [0.1, 0.15) is 6.10 Å². The number of nitrogens with zero attached hydrogens (tertiary/aromatic N) is 2. The minimum Gasteiger partial charge on any atom is -0.490 e. The van der Waals surface area contributed by atoms with E-state index in [1.165, 1.54) is 6.21 Å². The summed E-state index contributed by atoms with van der Waals surface area (Å²) in [4.78, 5) is 6.07. The third-order valence-electron chi connectivity index (χ3n) is 3.04. The van der Waals surface area contributed by atoms with Gasteiger partial charge >= 0.3 is 0 Å². The van der Waals surface area contributed by atoms with Gasteiger partial charge in [-0.15, -0.1) is 0 Å². The Morgan fingerprint density at radius 2 is 2.19 bits per heavy atom. The van der Waals surface area contributed by atoms with Crippen LogP contribution in [0.25, 0.3) is 0 Å². The van der Waals surface area contributed by atoms with Gasteiger partial charge in [0, 0.05) is 13.1 Å². The van der Waals surface area contributed by atoms with E-state index >= 15 is 0 Å². The number of likely N-dealkylation sites (tertiary alicyclic amines) is 1. The molecule has 0 aromatic carbocycles. The molecular formula is C11H18FN3O. The van der Waals surface area contributed by atoms with Crippen LogP contribution in [0.2, 0.25) is 0 Å². The number of aliphatic imine (C=N–C) groups is 1. The van der Waals surface area contributed by atoms with Crippen molar-refractivity contribution in [3.05, 3.63) is 11.6 Å². The van der Waals surface area contributed by atoms with Crippen LogP contribution in [-0.4, -0.2) is 49.9 Å². The highest BCUT2D eigenvalue weighted by atomic mass is 19.1. The molecule has 0 spiro atoms. The fourth-order valence-electron chi connectivity index (χ4n) is 2.00. The summed E-state index contributed by atoms with van der Waals surface area (Å²) in [5.74, 6) is -0.137. The molecule has 2 aliphatic rings. The molecule has 2 aliphatic heterocycles. The van der Waals surface area contributed by atoms with Crippen LogP contribution in [0.5, 0.6) is 0 Å². The van der Waals surface area contributed by atoms with Gasteiger partial charge in [-0.2, -0.15) is 0 Å². The minimum absolute atomic E-state index is 0.0921. The van der Waals surface area contributed by atoms with E-state index in [-0.39, 0.29) is 11.9 Å². The highest BCUT2D eigenvalue weighted by Gasteiger charge is 2.25. The van der Waals surface area contributed by atoms with Crippen molar-refractivity contribution in [1.82, 2.24) is 4.90 Å². The Hall–Kier alpha value is -0.940. The third kappa shape index (κ3) is 2.59. The number of ether oxygens (including phenoxy) is 1. The van der Waals surface area contributed by atoms with Gasteiger partial charge in [0.2, 0.25) is 0 Å². The fourth-order valence-corrected chi connectivity index (χ4v) is 2.00. The summed E-state index contributed by atoms with van der Waals surface area (Å²) in [6, 6.07) is -0.426. The maximum atomic E-state index is 13.4. The lowest BCUT2D eigenvalue weighted by molar-refractivity contribution is 0.0471. The molecule has 0 radical (unpaired) electrons. The van der Waals surface area contributed by atoms with E-state index in [4.69, 9.17) is 10.5 Å². The minimum atomic E-state index is -0.426. The second-order valence-corrected chi connectivity index (χ2v) is 4.43. The molecule has 0 aromatic heterocycles. The number of allylic oxidation sites excluding steroid dienone is 1. The van der Waals surface area contributed by atoms with Crippen LogP contribution in [0.15, 0.2) is 16.6 Å². The summed E-state index contributed by atoms with van der Waals surface area (Å²) in [5.41, 5.74) is 5.77. The molecule has 1 saturated heterocycles. The second kappa shape index (κ2) is 4.93. The molecule has 0 aromatic rings. The van der Waals surface area contributed by atoms with E-state index in [0.717, 1.165) is 25.9 Å². The fraction of sp³-hybridized carbons (Fsp3) is 0.727. The van der Waals surface area contributed by atoms with Crippen molar-refractivity contribution in [3.63, 3.8) is 0 Å². The lowest BCUT2D eigenvalue weighted by Gasteiger charge is -2.31. The molecule has 16 heavy (non-hydrogen) atoms. The first kappa shape index (κ1) is 11.5. The van der Waals surface area contributed by atoms with Gasteiger partial charge in [-0.3, -0.25) is 4.99 Å². The molecule has 2 heterocycles. The van der Waals surface area contributed by atoms with Crippen molar-refractivity contribution in [2.45, 2.75) is 25.0 Å². The lowest BCUT2D eigenvalue weighted by atomic mass is 10.1. The topological polar surface area (TPSA) is 50.8 Å². The van der Waals surface area contributed by atoms with Crippen LogP contribution < -0.4 is 5.73 Å². The molecule has 5 heteroatoms. The average Bonchev–Trinajstić information content (AvgIpc) is 2.26. The summed E-state index contributed by atoms with van der Waals surface area (Å²) in [5, 5.41) is 0. The van der Waals surface area contributed by atoms with Crippen molar-refractivity contribution in [2.75, 3.05) is 26.7 Å². The third-order valence-corrected chi connectivity index (χ3v) is 3.04. The molecule has 1 unspecified atom stereocenters. The Balaban J connectivity index is 1.96. The maximum Gasteiger partial charge on any atom is 0.180 e. The van der Waals surface area contributed by atoms with Crippen LogP contribution in [-0.2, 0) is 4.74 Å². The zero-order valence-corrected chi connectivity index (χ0v) is 9.53. The normalized spacial score (nSPS) is 28.6. The number of piperidine rings is 1. The Morgan fingerprint density at radius 1 is 1.50 bits per heavy atom. The molecule has 0 aliphatic carbocycles. The second-order valence-electron chi connectivity index (χ2n) is 4.43. The smallest absolute Gasteiger partial charge is 0.180 e. The van der Waals surface area contributed by atoms with E-state index < -0.39 is 11.9 Å². The molecule has 0 saturated carbocycles. The molecule has 2 rings (SSSR count). The lowest BCUT2D eigenvalue weighted by Crippen LogP contribution is -2.38. The number of dihydropyridines is 1. The molecule has 2 N–H and O–H groups in total. The summed E-state index contributed by atoms with van der Waals surface area (Å²) in [6.45, 7) is 2.39. The molecule has 1 fully saturated rings. The van der Waals surface area contributed by atoms with Gasteiger partial charge in [-0.05, 0) is 19.9 Å². The Bertz CT molecular complexity index is 308. The monoisotopic (exact) mass is 227 g/mol. The number of hydrogen-bond donors (Lipinski definition) is 1. The quantitative estimate of drug-likeness (QED) is 0.755. The molecule has 0 bridgehead atoms. The van der Waals surface area contributed by atoms with Crippen LogP contribution in [0.1, 0.15) is 12.8 Å². The van der Waals surface area contributed by atoms with E-state index in [1.54, 1.807) is 0 Å². The van der Waals surface area contributed by atoms with Gasteiger partial charge in [-0.1, -0.05) is 0 Å². The largest absolute Gasteiger partial charge is 0.490 e.